The van der Waals surface area contributed by atoms with E-state index in [2.05, 4.69) is 28.1 Å². The normalized spacial score (nSPS) is 19.6. The van der Waals surface area contributed by atoms with Crippen LogP contribution < -0.4 is 5.73 Å². The highest BCUT2D eigenvalue weighted by Crippen LogP contribution is 2.32. The highest BCUT2D eigenvalue weighted by atomic mass is 79.9. The molecule has 92 valence electrons. The summed E-state index contributed by atoms with van der Waals surface area (Å²) in [5, 5.41) is 0. The molecule has 0 unspecified atom stereocenters. The maximum Gasteiger partial charge on any atom is 0.224 e. The molecular weight excluding hydrogens is 280 g/mol. The van der Waals surface area contributed by atoms with E-state index in [9.17, 15) is 4.79 Å². The minimum Gasteiger partial charge on any atom is -0.336 e. The molecule has 1 saturated heterocycles. The van der Waals surface area contributed by atoms with Gasteiger partial charge in [-0.05, 0) is 30.5 Å². The van der Waals surface area contributed by atoms with Crippen molar-refractivity contribution in [2.45, 2.75) is 25.3 Å². The van der Waals surface area contributed by atoms with Crippen molar-refractivity contribution < 1.29 is 4.79 Å². The minimum absolute atomic E-state index is 0.179. The van der Waals surface area contributed by atoms with E-state index in [-0.39, 0.29) is 11.9 Å². The van der Waals surface area contributed by atoms with Gasteiger partial charge in [-0.1, -0.05) is 28.1 Å². The molecule has 1 heterocycles. The van der Waals surface area contributed by atoms with Gasteiger partial charge >= 0.3 is 0 Å². The molecule has 4 heteroatoms. The van der Waals surface area contributed by atoms with Gasteiger partial charge in [-0.3, -0.25) is 4.79 Å². The molecule has 0 bridgehead atoms. The Bertz CT molecular complexity index is 391. The van der Waals surface area contributed by atoms with Crippen LogP contribution in [-0.2, 0) is 4.79 Å². The van der Waals surface area contributed by atoms with Crippen molar-refractivity contribution in [1.82, 2.24) is 4.90 Å². The van der Waals surface area contributed by atoms with Crippen molar-refractivity contribution in [3.63, 3.8) is 0 Å². The predicted molar refractivity (Wildman–Crippen MR) is 71.5 cm³/mol. The van der Waals surface area contributed by atoms with E-state index in [1.807, 2.05) is 17.0 Å². The average Bonchev–Trinajstić information content (AvgIpc) is 2.79. The lowest BCUT2D eigenvalue weighted by molar-refractivity contribution is -0.131. The van der Waals surface area contributed by atoms with Crippen molar-refractivity contribution in [2.75, 3.05) is 13.1 Å². The van der Waals surface area contributed by atoms with E-state index in [0.29, 0.717) is 13.0 Å². The summed E-state index contributed by atoms with van der Waals surface area (Å²) in [7, 11) is 0. The molecule has 0 radical (unpaired) electrons. The summed E-state index contributed by atoms with van der Waals surface area (Å²) in [5.74, 6) is 0.179. The zero-order valence-electron chi connectivity index (χ0n) is 9.73. The number of nitrogens with zero attached hydrogens (tertiary/aromatic N) is 1. The third-order valence-corrected chi connectivity index (χ3v) is 3.71. The number of rotatable bonds is 3. The third-order valence-electron chi connectivity index (χ3n) is 3.19. The first-order chi connectivity index (χ1) is 8.22. The molecule has 1 aromatic carbocycles. The molecule has 2 N–H and O–H groups in total. The Hall–Kier alpha value is -0.870. The fraction of sp³-hybridized carbons (Fsp3) is 0.462. The topological polar surface area (TPSA) is 46.3 Å². The van der Waals surface area contributed by atoms with Gasteiger partial charge in [0.15, 0.2) is 0 Å². The Balaban J connectivity index is 2.14. The summed E-state index contributed by atoms with van der Waals surface area (Å²) in [6.07, 6.45) is 2.59. The van der Waals surface area contributed by atoms with Crippen molar-refractivity contribution >= 4 is 21.8 Å². The number of amides is 1. The zero-order chi connectivity index (χ0) is 12.3. The Morgan fingerprint density at radius 2 is 2.12 bits per heavy atom. The molecule has 0 aliphatic carbocycles. The van der Waals surface area contributed by atoms with Crippen LogP contribution in [0.1, 0.15) is 30.9 Å². The van der Waals surface area contributed by atoms with Crippen LogP contribution in [-0.4, -0.2) is 23.9 Å². The second kappa shape index (κ2) is 5.65. The van der Waals surface area contributed by atoms with E-state index >= 15 is 0 Å². The summed E-state index contributed by atoms with van der Waals surface area (Å²) in [6.45, 7) is 1.29. The lowest BCUT2D eigenvalue weighted by atomic mass is 10.0. The van der Waals surface area contributed by atoms with Crippen molar-refractivity contribution in [1.29, 1.82) is 0 Å². The lowest BCUT2D eigenvalue weighted by Gasteiger charge is -2.25. The molecular formula is C13H17BrN2O. The van der Waals surface area contributed by atoms with Crippen LogP contribution in [0.3, 0.4) is 0 Å². The first-order valence-electron chi connectivity index (χ1n) is 5.97. The number of carbonyl (C=O) groups excluding carboxylic acids is 1. The number of likely N-dealkylation sites (tertiary alicyclic amines) is 1. The van der Waals surface area contributed by atoms with Crippen LogP contribution in [0.5, 0.6) is 0 Å². The first kappa shape index (κ1) is 12.6. The second-order valence-corrected chi connectivity index (χ2v) is 5.25. The molecule has 3 nitrogen and oxygen atoms in total. The summed E-state index contributed by atoms with van der Waals surface area (Å²) in [4.78, 5) is 13.9. The largest absolute Gasteiger partial charge is 0.336 e. The van der Waals surface area contributed by atoms with Gasteiger partial charge in [0.1, 0.15) is 0 Å². The summed E-state index contributed by atoms with van der Waals surface area (Å²) in [6, 6.07) is 8.46. The SMILES string of the molecule is NCCC(=O)N1CCC[C@@H]1c1ccc(Br)cc1. The van der Waals surface area contributed by atoms with Crippen LogP contribution in [0.25, 0.3) is 0 Å². The molecule has 1 aliphatic heterocycles. The molecule has 1 aromatic rings. The van der Waals surface area contributed by atoms with Crippen LogP contribution >= 0.6 is 15.9 Å². The third kappa shape index (κ3) is 2.87. The number of nitrogens with two attached hydrogens (primary N) is 1. The highest BCUT2D eigenvalue weighted by Gasteiger charge is 2.29. The fourth-order valence-corrected chi connectivity index (χ4v) is 2.63. The zero-order valence-corrected chi connectivity index (χ0v) is 11.3. The van der Waals surface area contributed by atoms with Gasteiger partial charge in [0, 0.05) is 24.0 Å². The van der Waals surface area contributed by atoms with E-state index in [4.69, 9.17) is 5.73 Å². The number of hydrogen-bond donors (Lipinski definition) is 1. The van der Waals surface area contributed by atoms with Crippen LogP contribution in [0.4, 0.5) is 0 Å². The minimum atomic E-state index is 0.179. The number of hydrogen-bond acceptors (Lipinski definition) is 2. The molecule has 0 spiro atoms. The van der Waals surface area contributed by atoms with E-state index in [0.717, 1.165) is 23.9 Å². The molecule has 1 atom stereocenters. The van der Waals surface area contributed by atoms with Crippen molar-refractivity contribution in [3.8, 4) is 0 Å². The maximum atomic E-state index is 11.9. The molecule has 0 aromatic heterocycles. The quantitative estimate of drug-likeness (QED) is 0.931. The van der Waals surface area contributed by atoms with Gasteiger partial charge in [0.2, 0.25) is 5.91 Å². The second-order valence-electron chi connectivity index (χ2n) is 4.34. The predicted octanol–water partition coefficient (Wildman–Crippen LogP) is 2.46. The van der Waals surface area contributed by atoms with Gasteiger partial charge in [0.05, 0.1) is 6.04 Å². The Morgan fingerprint density at radius 3 is 2.76 bits per heavy atom. The van der Waals surface area contributed by atoms with E-state index in [1.54, 1.807) is 0 Å². The maximum absolute atomic E-state index is 11.9. The lowest BCUT2D eigenvalue weighted by Crippen LogP contribution is -2.31. The van der Waals surface area contributed by atoms with Crippen LogP contribution in [0.15, 0.2) is 28.7 Å². The smallest absolute Gasteiger partial charge is 0.224 e. The standard InChI is InChI=1S/C13H17BrN2O/c14-11-5-3-10(4-6-11)12-2-1-9-16(12)13(17)7-8-15/h3-6,12H,1-2,7-9,15H2/t12-/m1/s1. The van der Waals surface area contributed by atoms with Gasteiger partial charge in [-0.15, -0.1) is 0 Å². The Morgan fingerprint density at radius 1 is 1.41 bits per heavy atom. The van der Waals surface area contributed by atoms with Gasteiger partial charge in [-0.2, -0.15) is 0 Å². The summed E-state index contributed by atoms with van der Waals surface area (Å²) < 4.78 is 1.07. The van der Waals surface area contributed by atoms with Crippen molar-refractivity contribution in [3.05, 3.63) is 34.3 Å². The Labute approximate surface area is 110 Å². The summed E-state index contributed by atoms with van der Waals surface area (Å²) >= 11 is 3.43. The first-order valence-corrected chi connectivity index (χ1v) is 6.76. The molecule has 1 amide bonds. The van der Waals surface area contributed by atoms with Gasteiger partial charge in [-0.25, -0.2) is 0 Å². The average molecular weight is 297 g/mol. The van der Waals surface area contributed by atoms with E-state index in [1.165, 1.54) is 5.56 Å². The molecule has 1 aliphatic rings. The van der Waals surface area contributed by atoms with Gasteiger partial charge in [0.25, 0.3) is 0 Å². The van der Waals surface area contributed by atoms with Crippen LogP contribution in [0.2, 0.25) is 0 Å². The van der Waals surface area contributed by atoms with Gasteiger partial charge < -0.3 is 10.6 Å². The number of carbonyl (C=O) groups is 1. The van der Waals surface area contributed by atoms with Crippen LogP contribution in [0, 0.1) is 0 Å². The number of benzene rings is 1. The van der Waals surface area contributed by atoms with E-state index < -0.39 is 0 Å². The Kier molecular flexibility index (Phi) is 4.18. The van der Waals surface area contributed by atoms with Crippen molar-refractivity contribution in [2.24, 2.45) is 5.73 Å². The molecule has 0 saturated carbocycles. The molecule has 1 fully saturated rings. The fourth-order valence-electron chi connectivity index (χ4n) is 2.36. The highest BCUT2D eigenvalue weighted by molar-refractivity contribution is 9.10. The monoisotopic (exact) mass is 296 g/mol. The number of halogens is 1. The molecule has 17 heavy (non-hydrogen) atoms. The molecule has 2 rings (SSSR count). The summed E-state index contributed by atoms with van der Waals surface area (Å²) in [5.41, 5.74) is 6.67.